The molecule has 0 aliphatic carbocycles. The molecular weight excluding hydrogens is 328 g/mol. The average molecular weight is 354 g/mol. The number of rotatable bonds is 7. The number of hydrogen-bond acceptors (Lipinski definition) is 3. The Labute approximate surface area is 154 Å². The Morgan fingerprint density at radius 1 is 1.08 bits per heavy atom. The molecule has 0 radical (unpaired) electrons. The van der Waals surface area contributed by atoms with E-state index in [9.17, 15) is 9.59 Å². The van der Waals surface area contributed by atoms with E-state index in [2.05, 4.69) is 25.8 Å². The first kappa shape index (κ1) is 19.6. The number of carboxylic acid groups (broad SMARTS) is 1. The van der Waals surface area contributed by atoms with Crippen LogP contribution in [0.4, 0.5) is 0 Å². The van der Waals surface area contributed by atoms with E-state index in [1.54, 1.807) is 17.2 Å². The standard InChI is InChI=1S/C21H26N2O3/c1-21(2,3)17-11-12-18(22-14-17)20(26)23(13-7-10-19(24)25)15-16-8-5-4-6-9-16/h4-6,8-9,11-12,14H,7,10,13,15H2,1-3H3,(H,24,25). The van der Waals surface area contributed by atoms with Crippen LogP contribution in [0.25, 0.3) is 0 Å². The van der Waals surface area contributed by atoms with E-state index in [0.717, 1.165) is 11.1 Å². The third-order valence-electron chi connectivity index (χ3n) is 4.17. The number of amides is 1. The minimum Gasteiger partial charge on any atom is -0.481 e. The second-order valence-electron chi connectivity index (χ2n) is 7.39. The van der Waals surface area contributed by atoms with Gasteiger partial charge in [0.2, 0.25) is 0 Å². The van der Waals surface area contributed by atoms with Crippen LogP contribution in [0.15, 0.2) is 48.7 Å². The van der Waals surface area contributed by atoms with Gasteiger partial charge in [0.15, 0.2) is 0 Å². The van der Waals surface area contributed by atoms with Crippen molar-refractivity contribution in [1.29, 1.82) is 0 Å². The predicted molar refractivity (Wildman–Crippen MR) is 101 cm³/mol. The molecule has 1 heterocycles. The maximum Gasteiger partial charge on any atom is 0.303 e. The molecule has 1 N–H and O–H groups in total. The maximum absolute atomic E-state index is 12.9. The van der Waals surface area contributed by atoms with E-state index in [-0.39, 0.29) is 17.7 Å². The van der Waals surface area contributed by atoms with Gasteiger partial charge in [0.25, 0.3) is 5.91 Å². The van der Waals surface area contributed by atoms with E-state index in [4.69, 9.17) is 5.11 Å². The molecule has 0 bridgehead atoms. The van der Waals surface area contributed by atoms with E-state index in [1.807, 2.05) is 36.4 Å². The number of carbonyl (C=O) groups is 2. The molecule has 5 nitrogen and oxygen atoms in total. The monoisotopic (exact) mass is 354 g/mol. The number of carboxylic acids is 1. The smallest absolute Gasteiger partial charge is 0.303 e. The Morgan fingerprint density at radius 3 is 2.31 bits per heavy atom. The summed E-state index contributed by atoms with van der Waals surface area (Å²) >= 11 is 0. The third kappa shape index (κ3) is 5.69. The summed E-state index contributed by atoms with van der Waals surface area (Å²) in [5, 5.41) is 8.86. The van der Waals surface area contributed by atoms with Gasteiger partial charge in [-0.05, 0) is 29.0 Å². The number of hydrogen-bond donors (Lipinski definition) is 1. The van der Waals surface area contributed by atoms with E-state index < -0.39 is 5.97 Å². The van der Waals surface area contributed by atoms with Gasteiger partial charge in [0.05, 0.1) is 0 Å². The van der Waals surface area contributed by atoms with Crippen molar-refractivity contribution < 1.29 is 14.7 Å². The van der Waals surface area contributed by atoms with Crippen molar-refractivity contribution in [2.75, 3.05) is 6.54 Å². The van der Waals surface area contributed by atoms with Crippen LogP contribution < -0.4 is 0 Å². The molecule has 0 unspecified atom stereocenters. The van der Waals surface area contributed by atoms with Crippen LogP contribution in [-0.2, 0) is 16.8 Å². The number of aromatic nitrogens is 1. The van der Waals surface area contributed by atoms with Crippen molar-refractivity contribution in [3.05, 3.63) is 65.5 Å². The molecule has 0 fully saturated rings. The molecule has 0 aliphatic rings. The van der Waals surface area contributed by atoms with Crippen LogP contribution in [0.1, 0.15) is 55.2 Å². The number of carbonyl (C=O) groups excluding carboxylic acids is 1. The zero-order chi connectivity index (χ0) is 19.2. The topological polar surface area (TPSA) is 70.5 Å². The largest absolute Gasteiger partial charge is 0.481 e. The number of aliphatic carboxylic acids is 1. The summed E-state index contributed by atoms with van der Waals surface area (Å²) in [6, 6.07) is 13.3. The molecule has 1 amide bonds. The lowest BCUT2D eigenvalue weighted by Gasteiger charge is -2.23. The highest BCUT2D eigenvalue weighted by Gasteiger charge is 2.19. The molecular formula is C21H26N2O3. The van der Waals surface area contributed by atoms with Crippen LogP contribution >= 0.6 is 0 Å². The van der Waals surface area contributed by atoms with Gasteiger partial charge in [-0.2, -0.15) is 0 Å². The zero-order valence-electron chi connectivity index (χ0n) is 15.6. The van der Waals surface area contributed by atoms with Crippen molar-refractivity contribution in [2.24, 2.45) is 0 Å². The summed E-state index contributed by atoms with van der Waals surface area (Å²) in [5.74, 6) is -1.04. The van der Waals surface area contributed by atoms with Crippen LogP contribution in [0, 0.1) is 0 Å². The SMILES string of the molecule is CC(C)(C)c1ccc(C(=O)N(CCCC(=O)O)Cc2ccccc2)nc1. The summed E-state index contributed by atoms with van der Waals surface area (Å²) in [7, 11) is 0. The fourth-order valence-corrected chi connectivity index (χ4v) is 2.60. The summed E-state index contributed by atoms with van der Waals surface area (Å²) in [6.45, 7) is 7.10. The molecule has 5 heteroatoms. The highest BCUT2D eigenvalue weighted by atomic mass is 16.4. The molecule has 0 atom stereocenters. The van der Waals surface area contributed by atoms with Crippen molar-refractivity contribution in [3.63, 3.8) is 0 Å². The molecule has 0 saturated carbocycles. The second-order valence-corrected chi connectivity index (χ2v) is 7.39. The van der Waals surface area contributed by atoms with E-state index in [1.165, 1.54) is 0 Å². The molecule has 26 heavy (non-hydrogen) atoms. The van der Waals surface area contributed by atoms with Gasteiger partial charge in [-0.25, -0.2) is 0 Å². The second kappa shape index (κ2) is 8.61. The number of nitrogens with zero attached hydrogens (tertiary/aromatic N) is 2. The molecule has 1 aromatic heterocycles. The maximum atomic E-state index is 12.9. The van der Waals surface area contributed by atoms with Gasteiger partial charge in [0, 0.05) is 25.7 Å². The van der Waals surface area contributed by atoms with Gasteiger partial charge in [-0.3, -0.25) is 14.6 Å². The van der Waals surface area contributed by atoms with Crippen molar-refractivity contribution in [1.82, 2.24) is 9.88 Å². The first-order valence-electron chi connectivity index (χ1n) is 8.79. The molecule has 2 aromatic rings. The van der Waals surface area contributed by atoms with E-state index >= 15 is 0 Å². The van der Waals surface area contributed by atoms with Crippen molar-refractivity contribution in [2.45, 2.75) is 45.6 Å². The first-order valence-corrected chi connectivity index (χ1v) is 8.79. The Morgan fingerprint density at radius 2 is 1.77 bits per heavy atom. The fourth-order valence-electron chi connectivity index (χ4n) is 2.60. The Hall–Kier alpha value is -2.69. The van der Waals surface area contributed by atoms with Crippen LogP contribution in [0.5, 0.6) is 0 Å². The molecule has 138 valence electrons. The van der Waals surface area contributed by atoms with Gasteiger partial charge >= 0.3 is 5.97 Å². The number of benzene rings is 1. The fraction of sp³-hybridized carbons (Fsp3) is 0.381. The minimum absolute atomic E-state index is 0.0280. The van der Waals surface area contributed by atoms with Gasteiger partial charge in [-0.1, -0.05) is 57.2 Å². The van der Waals surface area contributed by atoms with Gasteiger partial charge < -0.3 is 10.0 Å². The molecule has 2 rings (SSSR count). The molecule has 1 aromatic carbocycles. The lowest BCUT2D eigenvalue weighted by Crippen LogP contribution is -2.32. The summed E-state index contributed by atoms with van der Waals surface area (Å²) in [5.41, 5.74) is 2.42. The lowest BCUT2D eigenvalue weighted by atomic mass is 9.88. The van der Waals surface area contributed by atoms with Crippen LogP contribution in [0.2, 0.25) is 0 Å². The van der Waals surface area contributed by atoms with E-state index in [0.29, 0.717) is 25.2 Å². The first-order chi connectivity index (χ1) is 12.3. The highest BCUT2D eigenvalue weighted by Crippen LogP contribution is 2.21. The zero-order valence-corrected chi connectivity index (χ0v) is 15.6. The minimum atomic E-state index is -0.857. The van der Waals surface area contributed by atoms with Gasteiger partial charge in [0.1, 0.15) is 5.69 Å². The molecule has 0 spiro atoms. The van der Waals surface area contributed by atoms with Crippen molar-refractivity contribution >= 4 is 11.9 Å². The van der Waals surface area contributed by atoms with Crippen molar-refractivity contribution in [3.8, 4) is 0 Å². The van der Waals surface area contributed by atoms with Gasteiger partial charge in [-0.15, -0.1) is 0 Å². The molecule has 0 saturated heterocycles. The van der Waals surface area contributed by atoms with Crippen LogP contribution in [-0.4, -0.2) is 33.4 Å². The summed E-state index contributed by atoms with van der Waals surface area (Å²) < 4.78 is 0. The third-order valence-corrected chi connectivity index (χ3v) is 4.17. The predicted octanol–water partition coefficient (Wildman–Crippen LogP) is 3.89. The molecule has 0 aliphatic heterocycles. The average Bonchev–Trinajstić information content (AvgIpc) is 2.60. The summed E-state index contributed by atoms with van der Waals surface area (Å²) in [6.07, 6.45) is 2.19. The number of pyridine rings is 1. The summed E-state index contributed by atoms with van der Waals surface area (Å²) in [4.78, 5) is 29.7. The normalized spacial score (nSPS) is 11.2. The lowest BCUT2D eigenvalue weighted by molar-refractivity contribution is -0.137. The Bertz CT molecular complexity index is 734. The van der Waals surface area contributed by atoms with Crippen LogP contribution in [0.3, 0.4) is 0 Å². The Balaban J connectivity index is 2.16. The Kier molecular flexibility index (Phi) is 6.50. The quantitative estimate of drug-likeness (QED) is 0.819. The highest BCUT2D eigenvalue weighted by molar-refractivity contribution is 5.92.